The van der Waals surface area contributed by atoms with E-state index in [9.17, 15) is 0 Å². The van der Waals surface area contributed by atoms with Gasteiger partial charge in [-0.15, -0.1) is 11.8 Å². The first-order chi connectivity index (χ1) is 8.72. The molecular weight excluding hydrogens is 246 g/mol. The van der Waals surface area contributed by atoms with Crippen LogP contribution in [-0.4, -0.2) is 34.0 Å². The van der Waals surface area contributed by atoms with Crippen molar-refractivity contribution in [1.82, 2.24) is 9.97 Å². The summed E-state index contributed by atoms with van der Waals surface area (Å²) in [6.45, 7) is 7.45. The van der Waals surface area contributed by atoms with Crippen LogP contribution in [0.3, 0.4) is 0 Å². The van der Waals surface area contributed by atoms with Gasteiger partial charge in [-0.3, -0.25) is 0 Å². The lowest BCUT2D eigenvalue weighted by Crippen LogP contribution is -2.08. The molecule has 1 rings (SSSR count). The third kappa shape index (κ3) is 4.46. The molecule has 0 fully saturated rings. The lowest BCUT2D eigenvalue weighted by Gasteiger charge is -2.13. The van der Waals surface area contributed by atoms with Crippen molar-refractivity contribution in [2.24, 2.45) is 5.92 Å². The van der Waals surface area contributed by atoms with Gasteiger partial charge in [-0.05, 0) is 18.8 Å². The first kappa shape index (κ1) is 15.2. The lowest BCUT2D eigenvalue weighted by atomic mass is 10.2. The van der Waals surface area contributed by atoms with Crippen molar-refractivity contribution in [3.8, 4) is 0 Å². The minimum atomic E-state index is 0.223. The molecule has 1 aromatic heterocycles. The summed E-state index contributed by atoms with van der Waals surface area (Å²) >= 11 is 1.70. The minimum Gasteiger partial charge on any atom is -0.396 e. The summed E-state index contributed by atoms with van der Waals surface area (Å²) in [4.78, 5) is 8.66. The fourth-order valence-corrected chi connectivity index (χ4v) is 2.59. The van der Waals surface area contributed by atoms with Crippen LogP contribution in [-0.2, 0) is 6.42 Å². The first-order valence-corrected chi connectivity index (χ1v) is 7.52. The number of aromatic nitrogens is 2. The Hall–Kier alpha value is -0.810. The SMILES string of the molecule is CCCNc1ncnc(SCC(C)CO)c1CC. The van der Waals surface area contributed by atoms with Gasteiger partial charge in [0.1, 0.15) is 17.2 Å². The van der Waals surface area contributed by atoms with E-state index < -0.39 is 0 Å². The molecule has 0 radical (unpaired) electrons. The summed E-state index contributed by atoms with van der Waals surface area (Å²) in [7, 11) is 0. The topological polar surface area (TPSA) is 58.0 Å². The van der Waals surface area contributed by atoms with Crippen LogP contribution >= 0.6 is 11.8 Å². The number of thioether (sulfide) groups is 1. The van der Waals surface area contributed by atoms with Gasteiger partial charge in [0.2, 0.25) is 0 Å². The Morgan fingerprint density at radius 2 is 2.17 bits per heavy atom. The maximum absolute atomic E-state index is 9.05. The number of nitrogens with zero attached hydrogens (tertiary/aromatic N) is 2. The quantitative estimate of drug-likeness (QED) is 0.561. The maximum atomic E-state index is 9.05. The smallest absolute Gasteiger partial charge is 0.133 e. The van der Waals surface area contributed by atoms with E-state index >= 15 is 0 Å². The molecule has 0 saturated heterocycles. The average molecular weight is 269 g/mol. The highest BCUT2D eigenvalue weighted by Crippen LogP contribution is 2.26. The van der Waals surface area contributed by atoms with Crippen molar-refractivity contribution in [2.45, 2.75) is 38.6 Å². The predicted molar refractivity (Wildman–Crippen MR) is 77.2 cm³/mol. The molecule has 0 bridgehead atoms. The van der Waals surface area contributed by atoms with E-state index in [0.29, 0.717) is 5.92 Å². The Labute approximate surface area is 114 Å². The van der Waals surface area contributed by atoms with Crippen LogP contribution in [0.1, 0.15) is 32.8 Å². The van der Waals surface area contributed by atoms with Gasteiger partial charge in [-0.25, -0.2) is 9.97 Å². The summed E-state index contributed by atoms with van der Waals surface area (Å²) in [5.74, 6) is 2.13. The molecule has 1 atom stereocenters. The molecule has 0 aliphatic heterocycles. The molecule has 2 N–H and O–H groups in total. The average Bonchev–Trinajstić information content (AvgIpc) is 2.42. The highest BCUT2D eigenvalue weighted by molar-refractivity contribution is 7.99. The van der Waals surface area contributed by atoms with Gasteiger partial charge >= 0.3 is 0 Å². The summed E-state index contributed by atoms with van der Waals surface area (Å²) in [6, 6.07) is 0. The number of hydrogen-bond acceptors (Lipinski definition) is 5. The number of aliphatic hydroxyl groups excluding tert-OH is 1. The molecule has 1 aromatic rings. The third-order valence-corrected chi connectivity index (χ3v) is 3.98. The molecule has 102 valence electrons. The van der Waals surface area contributed by atoms with Crippen molar-refractivity contribution < 1.29 is 5.11 Å². The van der Waals surface area contributed by atoms with Gasteiger partial charge in [0, 0.05) is 24.5 Å². The van der Waals surface area contributed by atoms with E-state index in [1.165, 1.54) is 5.56 Å². The van der Waals surface area contributed by atoms with Crippen LogP contribution in [0, 0.1) is 5.92 Å². The summed E-state index contributed by atoms with van der Waals surface area (Å²) < 4.78 is 0. The second-order valence-electron chi connectivity index (χ2n) is 4.39. The van der Waals surface area contributed by atoms with Crippen molar-refractivity contribution in [2.75, 3.05) is 24.2 Å². The van der Waals surface area contributed by atoms with Crippen LogP contribution < -0.4 is 5.32 Å². The molecule has 0 spiro atoms. The van der Waals surface area contributed by atoms with Crippen LogP contribution in [0.25, 0.3) is 0 Å². The third-order valence-electron chi connectivity index (χ3n) is 2.62. The van der Waals surface area contributed by atoms with E-state index in [4.69, 9.17) is 5.11 Å². The number of nitrogens with one attached hydrogen (secondary N) is 1. The molecule has 0 aliphatic rings. The highest BCUT2D eigenvalue weighted by atomic mass is 32.2. The fraction of sp³-hybridized carbons (Fsp3) is 0.692. The Bertz CT molecular complexity index is 360. The zero-order valence-electron chi connectivity index (χ0n) is 11.4. The summed E-state index contributed by atoms with van der Waals surface area (Å²) in [5.41, 5.74) is 1.18. The molecule has 4 nitrogen and oxygen atoms in total. The number of anilines is 1. The molecule has 18 heavy (non-hydrogen) atoms. The molecule has 0 aliphatic carbocycles. The Morgan fingerprint density at radius 3 is 2.78 bits per heavy atom. The number of aliphatic hydroxyl groups is 1. The minimum absolute atomic E-state index is 0.223. The van der Waals surface area contributed by atoms with Gasteiger partial charge in [0.05, 0.1) is 0 Å². The molecule has 1 heterocycles. The van der Waals surface area contributed by atoms with Crippen LogP contribution in [0.4, 0.5) is 5.82 Å². The van der Waals surface area contributed by atoms with E-state index in [2.05, 4.69) is 29.1 Å². The first-order valence-electron chi connectivity index (χ1n) is 6.54. The Morgan fingerprint density at radius 1 is 1.39 bits per heavy atom. The van der Waals surface area contributed by atoms with Gasteiger partial charge < -0.3 is 10.4 Å². The predicted octanol–water partition coefficient (Wildman–Crippen LogP) is 2.58. The highest BCUT2D eigenvalue weighted by Gasteiger charge is 2.11. The van der Waals surface area contributed by atoms with Crippen LogP contribution in [0.15, 0.2) is 11.4 Å². The molecule has 0 aromatic carbocycles. The lowest BCUT2D eigenvalue weighted by molar-refractivity contribution is 0.250. The van der Waals surface area contributed by atoms with Crippen molar-refractivity contribution in [3.05, 3.63) is 11.9 Å². The van der Waals surface area contributed by atoms with Gasteiger partial charge in [-0.1, -0.05) is 20.8 Å². The number of hydrogen-bond donors (Lipinski definition) is 2. The van der Waals surface area contributed by atoms with Crippen molar-refractivity contribution in [3.63, 3.8) is 0 Å². The van der Waals surface area contributed by atoms with E-state index in [1.54, 1.807) is 18.1 Å². The zero-order valence-corrected chi connectivity index (χ0v) is 12.3. The van der Waals surface area contributed by atoms with Crippen LogP contribution in [0.5, 0.6) is 0 Å². The van der Waals surface area contributed by atoms with Gasteiger partial charge in [0.25, 0.3) is 0 Å². The maximum Gasteiger partial charge on any atom is 0.133 e. The second-order valence-corrected chi connectivity index (χ2v) is 5.39. The monoisotopic (exact) mass is 269 g/mol. The van der Waals surface area contributed by atoms with E-state index in [1.807, 2.05) is 6.92 Å². The molecule has 1 unspecified atom stereocenters. The number of rotatable bonds is 8. The molecule has 5 heteroatoms. The zero-order chi connectivity index (χ0) is 13.4. The van der Waals surface area contributed by atoms with Crippen molar-refractivity contribution >= 4 is 17.6 Å². The Balaban J connectivity index is 2.77. The van der Waals surface area contributed by atoms with Crippen LogP contribution in [0.2, 0.25) is 0 Å². The Kier molecular flexibility index (Phi) is 7.05. The largest absolute Gasteiger partial charge is 0.396 e. The van der Waals surface area contributed by atoms with Gasteiger partial charge in [0.15, 0.2) is 0 Å². The van der Waals surface area contributed by atoms with E-state index in [-0.39, 0.29) is 6.61 Å². The normalized spacial score (nSPS) is 12.4. The van der Waals surface area contributed by atoms with Crippen molar-refractivity contribution in [1.29, 1.82) is 0 Å². The van der Waals surface area contributed by atoms with Gasteiger partial charge in [-0.2, -0.15) is 0 Å². The molecule has 0 saturated carbocycles. The second kappa shape index (κ2) is 8.32. The fourth-order valence-electron chi connectivity index (χ4n) is 1.51. The summed E-state index contributed by atoms with van der Waals surface area (Å²) in [6.07, 6.45) is 3.61. The van der Waals surface area contributed by atoms with E-state index in [0.717, 1.165) is 36.0 Å². The summed E-state index contributed by atoms with van der Waals surface area (Å²) in [5, 5.41) is 13.4. The standard InChI is InChI=1S/C13H23N3OS/c1-4-6-14-12-11(5-2)13(16-9-15-12)18-8-10(3)7-17/h9-10,17H,4-8H2,1-3H3,(H,14,15,16). The molecular formula is C13H23N3OS. The molecule has 0 amide bonds.